The van der Waals surface area contributed by atoms with Crippen LogP contribution in [0.4, 0.5) is 4.79 Å². The molecule has 128 valence electrons. The lowest BCUT2D eigenvalue weighted by Gasteiger charge is -2.30. The number of nitrogens with zero attached hydrogens (tertiary/aromatic N) is 1. The zero-order valence-corrected chi connectivity index (χ0v) is 14.6. The van der Waals surface area contributed by atoms with Crippen molar-refractivity contribution in [2.75, 3.05) is 20.2 Å². The van der Waals surface area contributed by atoms with Gasteiger partial charge >= 0.3 is 12.1 Å². The minimum Gasteiger partial charge on any atom is -0.468 e. The van der Waals surface area contributed by atoms with E-state index in [0.717, 1.165) is 12.8 Å². The van der Waals surface area contributed by atoms with Crippen LogP contribution in [0.15, 0.2) is 0 Å². The van der Waals surface area contributed by atoms with Crippen LogP contribution in [-0.4, -0.2) is 54.8 Å². The second kappa shape index (κ2) is 7.81. The van der Waals surface area contributed by atoms with Crippen LogP contribution in [0.25, 0.3) is 0 Å². The molecule has 2 atom stereocenters. The fraction of sp³-hybridized carbons (Fsp3) is 0.875. The highest BCUT2D eigenvalue weighted by molar-refractivity contribution is 5.76. The van der Waals surface area contributed by atoms with Crippen LogP contribution in [0.3, 0.4) is 0 Å². The molecular weight excluding hydrogens is 284 g/mol. The number of esters is 1. The molecule has 1 rings (SSSR count). The van der Waals surface area contributed by atoms with Crippen molar-refractivity contribution in [2.24, 2.45) is 5.92 Å². The van der Waals surface area contributed by atoms with Crippen LogP contribution in [0.5, 0.6) is 0 Å². The van der Waals surface area contributed by atoms with Crippen molar-refractivity contribution in [1.82, 2.24) is 10.2 Å². The Balaban J connectivity index is 2.60. The Morgan fingerprint density at radius 3 is 2.45 bits per heavy atom. The number of carbonyl (C=O) groups is 2. The summed E-state index contributed by atoms with van der Waals surface area (Å²) in [6.07, 6.45) is 1.59. The van der Waals surface area contributed by atoms with Crippen molar-refractivity contribution < 1.29 is 19.1 Å². The van der Waals surface area contributed by atoms with E-state index in [4.69, 9.17) is 9.47 Å². The molecule has 22 heavy (non-hydrogen) atoms. The third kappa shape index (κ3) is 5.48. The van der Waals surface area contributed by atoms with E-state index in [2.05, 4.69) is 5.32 Å². The molecule has 0 aromatic carbocycles. The molecule has 1 saturated heterocycles. The Labute approximate surface area is 133 Å². The van der Waals surface area contributed by atoms with Crippen LogP contribution in [0.2, 0.25) is 0 Å². The first-order valence-electron chi connectivity index (χ1n) is 7.96. The summed E-state index contributed by atoms with van der Waals surface area (Å²) in [7, 11) is 1.39. The van der Waals surface area contributed by atoms with E-state index in [1.165, 1.54) is 7.11 Å². The smallest absolute Gasteiger partial charge is 0.410 e. The van der Waals surface area contributed by atoms with E-state index in [0.29, 0.717) is 13.1 Å². The first-order chi connectivity index (χ1) is 10.2. The van der Waals surface area contributed by atoms with Crippen molar-refractivity contribution in [3.63, 3.8) is 0 Å². The first-order valence-corrected chi connectivity index (χ1v) is 7.96. The van der Waals surface area contributed by atoms with Gasteiger partial charge in [-0.25, -0.2) is 4.79 Å². The normalized spacial score (nSPS) is 20.1. The van der Waals surface area contributed by atoms with Crippen molar-refractivity contribution in [1.29, 1.82) is 0 Å². The average Bonchev–Trinajstić information content (AvgIpc) is 2.84. The summed E-state index contributed by atoms with van der Waals surface area (Å²) in [6.45, 7) is 10.8. The molecule has 0 aromatic rings. The molecule has 0 aliphatic carbocycles. The van der Waals surface area contributed by atoms with Crippen LogP contribution in [-0.2, 0) is 14.3 Å². The summed E-state index contributed by atoms with van der Waals surface area (Å²) in [4.78, 5) is 25.8. The molecule has 1 fully saturated rings. The van der Waals surface area contributed by atoms with Crippen LogP contribution in [0, 0.1) is 5.92 Å². The van der Waals surface area contributed by atoms with E-state index in [1.54, 1.807) is 4.90 Å². The number of amides is 1. The summed E-state index contributed by atoms with van der Waals surface area (Å²) in [5, 5.41) is 3.24. The predicted octanol–water partition coefficient (Wildman–Crippen LogP) is 2.17. The molecule has 0 aromatic heterocycles. The van der Waals surface area contributed by atoms with Gasteiger partial charge in [-0.05, 0) is 39.5 Å². The third-order valence-electron chi connectivity index (χ3n) is 3.70. The maximum atomic E-state index is 12.2. The van der Waals surface area contributed by atoms with E-state index in [1.807, 2.05) is 34.6 Å². The van der Waals surface area contributed by atoms with Crippen molar-refractivity contribution in [3.05, 3.63) is 0 Å². The van der Waals surface area contributed by atoms with E-state index < -0.39 is 5.60 Å². The Kier molecular flexibility index (Phi) is 6.66. The minimum absolute atomic E-state index is 0.0563. The van der Waals surface area contributed by atoms with Gasteiger partial charge in [0.15, 0.2) is 0 Å². The molecule has 0 bridgehead atoms. The van der Waals surface area contributed by atoms with Gasteiger partial charge in [-0.3, -0.25) is 4.79 Å². The second-order valence-corrected chi connectivity index (χ2v) is 7.12. The molecule has 1 N–H and O–H groups in total. The molecular formula is C16H30N2O4. The lowest BCUT2D eigenvalue weighted by atomic mass is 10.0. The predicted molar refractivity (Wildman–Crippen MR) is 84.6 cm³/mol. The zero-order chi connectivity index (χ0) is 16.9. The van der Waals surface area contributed by atoms with Crippen LogP contribution in [0.1, 0.15) is 47.5 Å². The van der Waals surface area contributed by atoms with Crippen molar-refractivity contribution in [2.45, 2.75) is 65.1 Å². The molecule has 1 unspecified atom stereocenters. The number of carbonyl (C=O) groups excluding carboxylic acids is 2. The lowest BCUT2D eigenvalue weighted by molar-refractivity contribution is -0.144. The van der Waals surface area contributed by atoms with Gasteiger partial charge in [-0.1, -0.05) is 13.8 Å². The molecule has 0 saturated carbocycles. The van der Waals surface area contributed by atoms with E-state index in [9.17, 15) is 9.59 Å². The molecule has 1 amide bonds. The highest BCUT2D eigenvalue weighted by Gasteiger charge is 2.33. The van der Waals surface area contributed by atoms with Gasteiger partial charge in [0, 0.05) is 19.1 Å². The van der Waals surface area contributed by atoms with Crippen LogP contribution < -0.4 is 5.32 Å². The lowest BCUT2D eigenvalue weighted by Crippen LogP contribution is -2.49. The minimum atomic E-state index is -0.496. The summed E-state index contributed by atoms with van der Waals surface area (Å²) < 4.78 is 10.3. The molecule has 1 aliphatic heterocycles. The van der Waals surface area contributed by atoms with Gasteiger partial charge in [0.25, 0.3) is 0 Å². The largest absolute Gasteiger partial charge is 0.468 e. The number of hydrogen-bond donors (Lipinski definition) is 1. The molecule has 6 nitrogen and oxygen atoms in total. The van der Waals surface area contributed by atoms with Crippen LogP contribution >= 0.6 is 0 Å². The van der Waals surface area contributed by atoms with Gasteiger partial charge in [0.2, 0.25) is 0 Å². The number of hydrogen-bond acceptors (Lipinski definition) is 5. The first kappa shape index (κ1) is 18.7. The fourth-order valence-electron chi connectivity index (χ4n) is 2.59. The molecule has 1 aliphatic rings. The Morgan fingerprint density at radius 1 is 1.32 bits per heavy atom. The number of ether oxygens (including phenoxy) is 2. The maximum Gasteiger partial charge on any atom is 0.410 e. The third-order valence-corrected chi connectivity index (χ3v) is 3.70. The average molecular weight is 314 g/mol. The molecule has 0 radical (unpaired) electrons. The number of likely N-dealkylation sites (tertiary alicyclic amines) is 1. The topological polar surface area (TPSA) is 67.9 Å². The molecule has 1 heterocycles. The SMILES string of the molecule is COC(=O)[C@@H](NCC1CCCN1C(=O)OC(C)(C)C)C(C)C. The van der Waals surface area contributed by atoms with Gasteiger partial charge in [-0.2, -0.15) is 0 Å². The summed E-state index contributed by atoms with van der Waals surface area (Å²) in [5.74, 6) is -0.138. The maximum absolute atomic E-state index is 12.2. The molecule has 6 heteroatoms. The fourth-order valence-corrected chi connectivity index (χ4v) is 2.59. The Bertz CT molecular complexity index is 390. The highest BCUT2D eigenvalue weighted by atomic mass is 16.6. The van der Waals surface area contributed by atoms with Crippen molar-refractivity contribution >= 4 is 12.1 Å². The second-order valence-electron chi connectivity index (χ2n) is 7.12. The Morgan fingerprint density at radius 2 is 1.95 bits per heavy atom. The zero-order valence-electron chi connectivity index (χ0n) is 14.6. The van der Waals surface area contributed by atoms with Crippen molar-refractivity contribution in [3.8, 4) is 0 Å². The monoisotopic (exact) mass is 314 g/mol. The highest BCUT2D eigenvalue weighted by Crippen LogP contribution is 2.20. The van der Waals surface area contributed by atoms with E-state index >= 15 is 0 Å². The van der Waals surface area contributed by atoms with Gasteiger partial charge < -0.3 is 19.7 Å². The van der Waals surface area contributed by atoms with E-state index in [-0.39, 0.29) is 30.1 Å². The quantitative estimate of drug-likeness (QED) is 0.788. The molecule has 0 spiro atoms. The number of methoxy groups -OCH3 is 1. The van der Waals surface area contributed by atoms with Gasteiger partial charge in [-0.15, -0.1) is 0 Å². The van der Waals surface area contributed by atoms with Gasteiger partial charge in [0.05, 0.1) is 7.11 Å². The number of rotatable bonds is 5. The Hall–Kier alpha value is -1.30. The number of nitrogens with one attached hydrogen (secondary N) is 1. The van der Waals surface area contributed by atoms with Gasteiger partial charge in [0.1, 0.15) is 11.6 Å². The standard InChI is InChI=1S/C16H30N2O4/c1-11(2)13(14(19)21-6)17-10-12-8-7-9-18(12)15(20)22-16(3,4)5/h11-13,17H,7-10H2,1-6H3/t12?,13-/m0/s1. The summed E-state index contributed by atoms with van der Waals surface area (Å²) in [6, 6.07) is -0.299. The summed E-state index contributed by atoms with van der Waals surface area (Å²) >= 11 is 0. The summed E-state index contributed by atoms with van der Waals surface area (Å²) in [5.41, 5.74) is -0.496.